The summed E-state index contributed by atoms with van der Waals surface area (Å²) < 4.78 is 0. The van der Waals surface area contributed by atoms with Crippen LogP contribution in [-0.4, -0.2) is 5.91 Å². The lowest BCUT2D eigenvalue weighted by Crippen LogP contribution is -2.37. The predicted octanol–water partition coefficient (Wildman–Crippen LogP) is 2.18. The van der Waals surface area contributed by atoms with Crippen LogP contribution in [0.15, 0.2) is 0 Å². The van der Waals surface area contributed by atoms with Crippen LogP contribution in [0.2, 0.25) is 0 Å². The van der Waals surface area contributed by atoms with E-state index in [1.807, 2.05) is 0 Å². The second kappa shape index (κ2) is 4.12. The van der Waals surface area contributed by atoms with Crippen molar-refractivity contribution >= 4 is 5.91 Å². The molecule has 1 aliphatic carbocycles. The Labute approximate surface area is 80.9 Å². The molecule has 2 heteroatoms. The monoisotopic (exact) mass is 183 g/mol. The molecule has 0 heterocycles. The van der Waals surface area contributed by atoms with Crippen LogP contribution in [0.25, 0.3) is 0 Å². The van der Waals surface area contributed by atoms with Crippen molar-refractivity contribution in [2.24, 2.45) is 29.4 Å². The molecule has 0 aromatic rings. The molecule has 76 valence electrons. The standard InChI is InChI=1S/C11H21NO/c1-7(2)9-5-4-8(3)6-10(9)11(12)13/h7-10H,4-6H2,1-3H3,(H2,12,13)/t8-,9+,10+/m1/s1. The summed E-state index contributed by atoms with van der Waals surface area (Å²) in [5.41, 5.74) is 5.42. The van der Waals surface area contributed by atoms with Gasteiger partial charge in [0.25, 0.3) is 0 Å². The third kappa shape index (κ3) is 2.45. The Kier molecular flexibility index (Phi) is 3.34. The number of hydrogen-bond acceptors (Lipinski definition) is 1. The third-order valence-electron chi connectivity index (χ3n) is 3.39. The number of carbonyl (C=O) groups excluding carboxylic acids is 1. The summed E-state index contributed by atoms with van der Waals surface area (Å²) in [6, 6.07) is 0. The maximum atomic E-state index is 11.2. The first-order valence-corrected chi connectivity index (χ1v) is 5.31. The lowest BCUT2D eigenvalue weighted by molar-refractivity contribution is -0.125. The maximum absolute atomic E-state index is 11.2. The number of carbonyl (C=O) groups is 1. The highest BCUT2D eigenvalue weighted by molar-refractivity contribution is 5.77. The van der Waals surface area contributed by atoms with Gasteiger partial charge in [-0.25, -0.2) is 0 Å². The Morgan fingerprint density at radius 2 is 2.00 bits per heavy atom. The van der Waals surface area contributed by atoms with E-state index in [1.54, 1.807) is 0 Å². The number of amides is 1. The van der Waals surface area contributed by atoms with Crippen molar-refractivity contribution in [3.05, 3.63) is 0 Å². The van der Waals surface area contributed by atoms with Crippen LogP contribution < -0.4 is 5.73 Å². The summed E-state index contributed by atoms with van der Waals surface area (Å²) in [4.78, 5) is 11.2. The quantitative estimate of drug-likeness (QED) is 0.700. The van der Waals surface area contributed by atoms with Gasteiger partial charge < -0.3 is 5.73 Å². The molecule has 1 rings (SSSR count). The smallest absolute Gasteiger partial charge is 0.220 e. The highest BCUT2D eigenvalue weighted by Gasteiger charge is 2.33. The molecule has 0 bridgehead atoms. The Hall–Kier alpha value is -0.530. The zero-order chi connectivity index (χ0) is 10.0. The van der Waals surface area contributed by atoms with Gasteiger partial charge in [-0.15, -0.1) is 0 Å². The van der Waals surface area contributed by atoms with E-state index in [1.165, 1.54) is 12.8 Å². The van der Waals surface area contributed by atoms with Crippen LogP contribution >= 0.6 is 0 Å². The average Bonchev–Trinajstić information content (AvgIpc) is 2.03. The summed E-state index contributed by atoms with van der Waals surface area (Å²) in [6.45, 7) is 6.60. The molecule has 1 saturated carbocycles. The fraction of sp³-hybridized carbons (Fsp3) is 0.909. The zero-order valence-corrected chi connectivity index (χ0v) is 8.92. The summed E-state index contributed by atoms with van der Waals surface area (Å²) in [7, 11) is 0. The van der Waals surface area contributed by atoms with E-state index in [4.69, 9.17) is 5.73 Å². The van der Waals surface area contributed by atoms with E-state index in [2.05, 4.69) is 20.8 Å². The van der Waals surface area contributed by atoms with Gasteiger partial charge in [0.05, 0.1) is 0 Å². The van der Waals surface area contributed by atoms with Crippen LogP contribution in [0, 0.1) is 23.7 Å². The highest BCUT2D eigenvalue weighted by atomic mass is 16.1. The molecule has 0 aromatic heterocycles. The van der Waals surface area contributed by atoms with Crippen LogP contribution in [0.3, 0.4) is 0 Å². The fourth-order valence-electron chi connectivity index (χ4n) is 2.53. The van der Waals surface area contributed by atoms with Gasteiger partial charge in [0, 0.05) is 5.92 Å². The number of hydrogen-bond donors (Lipinski definition) is 1. The van der Waals surface area contributed by atoms with Crippen molar-refractivity contribution < 1.29 is 4.79 Å². The van der Waals surface area contributed by atoms with E-state index in [9.17, 15) is 4.79 Å². The largest absolute Gasteiger partial charge is 0.369 e. The zero-order valence-electron chi connectivity index (χ0n) is 8.92. The lowest BCUT2D eigenvalue weighted by atomic mass is 9.70. The Balaban J connectivity index is 2.66. The minimum atomic E-state index is -0.0924. The van der Waals surface area contributed by atoms with Crippen LogP contribution in [0.1, 0.15) is 40.0 Å². The minimum Gasteiger partial charge on any atom is -0.369 e. The molecular formula is C11H21NO. The van der Waals surface area contributed by atoms with Gasteiger partial charge in [0.1, 0.15) is 0 Å². The van der Waals surface area contributed by atoms with Gasteiger partial charge in [-0.1, -0.05) is 27.2 Å². The fourth-order valence-corrected chi connectivity index (χ4v) is 2.53. The van der Waals surface area contributed by atoms with E-state index < -0.39 is 0 Å². The van der Waals surface area contributed by atoms with Crippen LogP contribution in [-0.2, 0) is 4.79 Å². The lowest BCUT2D eigenvalue weighted by Gasteiger charge is -2.35. The van der Waals surface area contributed by atoms with E-state index in [0.717, 1.165) is 6.42 Å². The average molecular weight is 183 g/mol. The van der Waals surface area contributed by atoms with Crippen LogP contribution in [0.4, 0.5) is 0 Å². The predicted molar refractivity (Wildman–Crippen MR) is 54.0 cm³/mol. The van der Waals surface area contributed by atoms with Crippen molar-refractivity contribution in [1.29, 1.82) is 0 Å². The second-order valence-corrected chi connectivity index (χ2v) is 4.83. The van der Waals surface area contributed by atoms with Crippen molar-refractivity contribution in [3.63, 3.8) is 0 Å². The number of rotatable bonds is 2. The summed E-state index contributed by atoms with van der Waals surface area (Å²) in [5, 5.41) is 0. The first kappa shape index (κ1) is 10.6. The third-order valence-corrected chi connectivity index (χ3v) is 3.39. The summed E-state index contributed by atoms with van der Waals surface area (Å²) in [5.74, 6) is 1.82. The molecule has 13 heavy (non-hydrogen) atoms. The Morgan fingerprint density at radius 1 is 1.38 bits per heavy atom. The van der Waals surface area contributed by atoms with E-state index in [-0.39, 0.29) is 11.8 Å². The van der Waals surface area contributed by atoms with Crippen molar-refractivity contribution in [3.8, 4) is 0 Å². The Morgan fingerprint density at radius 3 is 2.46 bits per heavy atom. The summed E-state index contributed by atoms with van der Waals surface area (Å²) in [6.07, 6.45) is 3.43. The van der Waals surface area contributed by atoms with Gasteiger partial charge in [0.15, 0.2) is 0 Å². The normalized spacial score (nSPS) is 34.9. The minimum absolute atomic E-state index is 0.0924. The van der Waals surface area contributed by atoms with E-state index in [0.29, 0.717) is 17.8 Å². The number of primary amides is 1. The summed E-state index contributed by atoms with van der Waals surface area (Å²) >= 11 is 0. The molecule has 0 saturated heterocycles. The second-order valence-electron chi connectivity index (χ2n) is 4.83. The molecule has 2 N–H and O–H groups in total. The van der Waals surface area contributed by atoms with Gasteiger partial charge in [-0.3, -0.25) is 4.79 Å². The molecular weight excluding hydrogens is 162 g/mol. The van der Waals surface area contributed by atoms with Gasteiger partial charge in [0.2, 0.25) is 5.91 Å². The Bertz CT molecular complexity index is 189. The molecule has 3 atom stereocenters. The van der Waals surface area contributed by atoms with Crippen molar-refractivity contribution in [2.75, 3.05) is 0 Å². The van der Waals surface area contributed by atoms with Crippen LogP contribution in [0.5, 0.6) is 0 Å². The van der Waals surface area contributed by atoms with E-state index >= 15 is 0 Å². The van der Waals surface area contributed by atoms with Crippen molar-refractivity contribution in [1.82, 2.24) is 0 Å². The molecule has 0 unspecified atom stereocenters. The van der Waals surface area contributed by atoms with Gasteiger partial charge in [-0.2, -0.15) is 0 Å². The molecule has 1 fully saturated rings. The SMILES string of the molecule is CC(C)[C@@H]1CC[C@@H](C)C[C@@H]1C(N)=O. The molecule has 0 spiro atoms. The molecule has 1 amide bonds. The first-order valence-electron chi connectivity index (χ1n) is 5.31. The maximum Gasteiger partial charge on any atom is 0.220 e. The van der Waals surface area contributed by atoms with Gasteiger partial charge in [-0.05, 0) is 30.6 Å². The first-order chi connectivity index (χ1) is 6.02. The van der Waals surface area contributed by atoms with Gasteiger partial charge >= 0.3 is 0 Å². The number of nitrogens with two attached hydrogens (primary N) is 1. The topological polar surface area (TPSA) is 43.1 Å². The molecule has 1 aliphatic rings. The molecule has 2 nitrogen and oxygen atoms in total. The molecule has 0 aliphatic heterocycles. The molecule has 0 radical (unpaired) electrons. The highest BCUT2D eigenvalue weighted by Crippen LogP contribution is 2.37. The van der Waals surface area contributed by atoms with Crippen molar-refractivity contribution in [2.45, 2.75) is 40.0 Å². The molecule has 0 aromatic carbocycles.